The topological polar surface area (TPSA) is 309 Å². The molecule has 18 nitrogen and oxygen atoms in total. The number of benzene rings is 3. The summed E-state index contributed by atoms with van der Waals surface area (Å²) in [6.07, 6.45) is 0. The zero-order chi connectivity index (χ0) is 31.8. The van der Waals surface area contributed by atoms with Crippen molar-refractivity contribution in [2.45, 2.75) is 21.6 Å². The van der Waals surface area contributed by atoms with Crippen molar-refractivity contribution in [1.29, 1.82) is 0 Å². The van der Waals surface area contributed by atoms with Crippen LogP contribution >= 0.6 is 0 Å². The van der Waals surface area contributed by atoms with Gasteiger partial charge in [-0.25, -0.2) is 33.7 Å². The van der Waals surface area contributed by atoms with Gasteiger partial charge in [0.05, 0.1) is 32.7 Å². The van der Waals surface area contributed by atoms with Crippen molar-refractivity contribution in [1.82, 2.24) is 0 Å². The number of azo groups is 1. The third kappa shape index (κ3) is 13.7. The molecule has 0 aliphatic heterocycles. The third-order valence-corrected chi connectivity index (χ3v) is 8.93. The number of fused-ring (bicyclic) bond motifs is 1. The molecule has 0 spiro atoms. The molecule has 26 heteroatoms. The van der Waals surface area contributed by atoms with Crippen molar-refractivity contribution in [2.75, 3.05) is 17.7 Å². The summed E-state index contributed by atoms with van der Waals surface area (Å²) in [5.41, 5.74) is -2.25. The average molecular weight is 847 g/mol. The maximum atomic E-state index is 12.5. The van der Waals surface area contributed by atoms with Crippen LogP contribution in [0.4, 0.5) is 17.1 Å². The SMILES string of the molecule is CC(=O)Nc1cc(S(=O)(=O)[O-])cc2cc(S(=O)(=O)[O-])c(N=Nc3cc(S(=O)(=O)CCOS(=O)(=O)[O-])ccc3O)c(O)c12.[Cu].[K+].[K+].[K+]. The van der Waals surface area contributed by atoms with Crippen molar-refractivity contribution < 1.29 is 238 Å². The van der Waals surface area contributed by atoms with E-state index in [2.05, 4.69) is 19.7 Å². The molecule has 0 atom stereocenters. The maximum Gasteiger partial charge on any atom is 1.00 e. The van der Waals surface area contributed by atoms with Crippen LogP contribution in [-0.2, 0) is 66.5 Å². The largest absolute Gasteiger partial charge is 1.00 e. The van der Waals surface area contributed by atoms with Gasteiger partial charge in [-0.15, -0.1) is 10.2 Å². The summed E-state index contributed by atoms with van der Waals surface area (Å²) in [5.74, 6) is -3.72. The first kappa shape index (κ1) is 49.8. The number of nitrogens with one attached hydrogen (secondary N) is 1. The molecule has 1 amide bonds. The average Bonchev–Trinajstić information content (AvgIpc) is 2.81. The molecule has 0 aliphatic carbocycles. The Hall–Kier alpha value is 1.66. The number of carbonyl (C=O) groups excluding carboxylic acids is 1. The molecule has 0 heterocycles. The van der Waals surface area contributed by atoms with E-state index in [1.165, 1.54) is 0 Å². The van der Waals surface area contributed by atoms with Crippen molar-refractivity contribution in [2.24, 2.45) is 10.2 Å². The van der Waals surface area contributed by atoms with Crippen LogP contribution in [0.1, 0.15) is 6.92 Å². The molecule has 0 aromatic heterocycles. The molecular formula is C20H16CuK3N3O15S4. The van der Waals surface area contributed by atoms with E-state index < -0.39 is 113 Å². The minimum atomic E-state index is -5.53. The first-order valence-electron chi connectivity index (χ1n) is 10.7. The van der Waals surface area contributed by atoms with Crippen molar-refractivity contribution in [3.8, 4) is 11.5 Å². The summed E-state index contributed by atoms with van der Waals surface area (Å²) in [4.78, 5) is 8.84. The van der Waals surface area contributed by atoms with Crippen LogP contribution in [0.3, 0.4) is 0 Å². The molecule has 239 valence electrons. The van der Waals surface area contributed by atoms with E-state index in [0.29, 0.717) is 24.3 Å². The molecule has 3 rings (SSSR count). The van der Waals surface area contributed by atoms with Gasteiger partial charge in [-0.3, -0.25) is 8.98 Å². The zero-order valence-corrected chi connectivity index (χ0v) is 37.5. The number of phenolic OH excluding ortho intramolecular Hbond substituents is 2. The van der Waals surface area contributed by atoms with E-state index in [4.69, 9.17) is 0 Å². The fraction of sp³-hybridized carbons (Fsp3) is 0.150. The van der Waals surface area contributed by atoms with Gasteiger partial charge in [0.1, 0.15) is 37.4 Å². The fourth-order valence-corrected chi connectivity index (χ4v) is 6.10. The first-order valence-corrected chi connectivity index (χ1v) is 16.5. The molecule has 46 heavy (non-hydrogen) atoms. The standard InChI is InChI=1S/C20H19N3O15S4.Cu.3K/c1-10(24)21-15-9-13(40(29,30)31)6-11-7-17(41(32,33)34)19(20(26)18(11)15)23-22-14-8-12(2-3-16(14)25)39(27,28)5-4-38-42(35,36)37;;;;/h2-3,6-9,25-26H,4-5H2,1H3,(H,21,24)(H,29,30,31)(H,32,33,34)(H,35,36,37);;;;/q;;3*+1/p-3. The second-order valence-electron chi connectivity index (χ2n) is 8.13. The molecular weight excluding hydrogens is 831 g/mol. The van der Waals surface area contributed by atoms with Gasteiger partial charge in [-0.1, -0.05) is 0 Å². The number of anilines is 1. The van der Waals surface area contributed by atoms with Gasteiger partial charge in [-0.2, -0.15) is 0 Å². The summed E-state index contributed by atoms with van der Waals surface area (Å²) in [6, 6.07) is 4.17. The summed E-state index contributed by atoms with van der Waals surface area (Å²) in [6.45, 7) is -0.0680. The number of amides is 1. The minimum absolute atomic E-state index is 0. The summed E-state index contributed by atoms with van der Waals surface area (Å²) >= 11 is 0. The number of aromatic hydroxyl groups is 2. The van der Waals surface area contributed by atoms with Gasteiger partial charge in [0.2, 0.25) is 16.3 Å². The third-order valence-electron chi connectivity index (χ3n) is 5.14. The normalized spacial score (nSPS) is 11.9. The Bertz CT molecular complexity index is 2100. The zero-order valence-electron chi connectivity index (χ0n) is 23.9. The van der Waals surface area contributed by atoms with E-state index in [-0.39, 0.29) is 171 Å². The molecule has 0 fully saturated rings. The van der Waals surface area contributed by atoms with Crippen LogP contribution in [0.5, 0.6) is 11.5 Å². The Kier molecular flexibility index (Phi) is 21.1. The number of carbonyl (C=O) groups is 1. The van der Waals surface area contributed by atoms with E-state index in [9.17, 15) is 62.3 Å². The first-order chi connectivity index (χ1) is 19.1. The van der Waals surface area contributed by atoms with Gasteiger partial charge in [0.15, 0.2) is 15.6 Å². The summed E-state index contributed by atoms with van der Waals surface area (Å²) in [7, 11) is -20.3. The number of rotatable bonds is 10. The summed E-state index contributed by atoms with van der Waals surface area (Å²) in [5, 5.41) is 29.1. The molecule has 1 radical (unpaired) electrons. The number of hydrogen-bond donors (Lipinski definition) is 3. The monoisotopic (exact) mass is 846 g/mol. The molecule has 0 unspecified atom stereocenters. The van der Waals surface area contributed by atoms with Gasteiger partial charge in [0.25, 0.3) is 0 Å². The van der Waals surface area contributed by atoms with Crippen LogP contribution in [0.2, 0.25) is 0 Å². The maximum absolute atomic E-state index is 12.5. The van der Waals surface area contributed by atoms with Crippen LogP contribution in [0.25, 0.3) is 10.8 Å². The fourth-order valence-electron chi connectivity index (χ4n) is 3.42. The summed E-state index contributed by atoms with van der Waals surface area (Å²) < 4.78 is 131. The van der Waals surface area contributed by atoms with Crippen molar-refractivity contribution in [3.05, 3.63) is 36.4 Å². The van der Waals surface area contributed by atoms with E-state index in [0.717, 1.165) is 19.1 Å². The molecule has 3 aromatic carbocycles. The van der Waals surface area contributed by atoms with E-state index in [1.54, 1.807) is 0 Å². The predicted octanol–water partition coefficient (Wildman–Crippen LogP) is -8.31. The van der Waals surface area contributed by atoms with Gasteiger partial charge in [0, 0.05) is 29.4 Å². The van der Waals surface area contributed by atoms with Crippen LogP contribution in [0, 0.1) is 0 Å². The smallest absolute Gasteiger partial charge is 0.744 e. The van der Waals surface area contributed by atoms with Crippen LogP contribution in [0.15, 0.2) is 61.3 Å². The Morgan fingerprint density at radius 2 is 1.43 bits per heavy atom. The quantitative estimate of drug-likeness (QED) is 0.0739. The second kappa shape index (κ2) is 19.5. The molecule has 0 saturated heterocycles. The number of hydrogen-bond acceptors (Lipinski definition) is 17. The van der Waals surface area contributed by atoms with Gasteiger partial charge >= 0.3 is 154 Å². The Morgan fingerprint density at radius 3 is 1.93 bits per heavy atom. The second-order valence-corrected chi connectivity index (χ2v) is 14.0. The van der Waals surface area contributed by atoms with Gasteiger partial charge < -0.3 is 29.2 Å². The number of sulfone groups is 1. The van der Waals surface area contributed by atoms with E-state index >= 15 is 0 Å². The van der Waals surface area contributed by atoms with Crippen molar-refractivity contribution in [3.63, 3.8) is 0 Å². The van der Waals surface area contributed by atoms with Crippen molar-refractivity contribution >= 4 is 74.2 Å². The number of nitrogens with zero attached hydrogens (tertiary/aromatic N) is 2. The molecule has 0 saturated carbocycles. The van der Waals surface area contributed by atoms with Gasteiger partial charge in [-0.05, 0) is 41.8 Å². The van der Waals surface area contributed by atoms with Crippen LogP contribution < -0.4 is 159 Å². The molecule has 3 N–H and O–H groups in total. The molecule has 0 aliphatic rings. The molecule has 0 bridgehead atoms. The Balaban J connectivity index is 0. The number of phenols is 2. The Labute approximate surface area is 401 Å². The van der Waals surface area contributed by atoms with Crippen LogP contribution in [-0.4, -0.2) is 75.8 Å². The minimum Gasteiger partial charge on any atom is -0.744 e. The van der Waals surface area contributed by atoms with E-state index in [1.807, 2.05) is 0 Å². The molecule has 3 aromatic rings. The predicted molar refractivity (Wildman–Crippen MR) is 136 cm³/mol. The Morgan fingerprint density at radius 1 is 0.848 bits per heavy atom.